The van der Waals surface area contributed by atoms with Gasteiger partial charge in [-0.3, -0.25) is 4.79 Å². The lowest BCUT2D eigenvalue weighted by Crippen LogP contribution is -2.34. The van der Waals surface area contributed by atoms with Gasteiger partial charge in [0.1, 0.15) is 4.60 Å². The van der Waals surface area contributed by atoms with Crippen molar-refractivity contribution in [3.8, 4) is 0 Å². The monoisotopic (exact) mass is 332 g/mol. The highest BCUT2D eigenvalue weighted by Crippen LogP contribution is 2.39. The van der Waals surface area contributed by atoms with E-state index in [2.05, 4.69) is 26.2 Å². The Bertz CT molecular complexity index is 416. The van der Waals surface area contributed by atoms with Crippen molar-refractivity contribution in [1.29, 1.82) is 0 Å². The van der Waals surface area contributed by atoms with E-state index in [9.17, 15) is 4.79 Å². The van der Waals surface area contributed by atoms with Crippen LogP contribution < -0.4 is 5.32 Å². The number of aliphatic carboxylic acids is 1. The van der Waals surface area contributed by atoms with Crippen LogP contribution in [0.2, 0.25) is 0 Å². The van der Waals surface area contributed by atoms with E-state index in [1.165, 1.54) is 17.8 Å². The minimum Gasteiger partial charge on any atom is -0.481 e. The van der Waals surface area contributed by atoms with Crippen LogP contribution in [0.1, 0.15) is 38.5 Å². The largest absolute Gasteiger partial charge is 0.481 e. The molecule has 1 aliphatic rings. The van der Waals surface area contributed by atoms with Crippen LogP contribution in [-0.2, 0) is 4.79 Å². The summed E-state index contributed by atoms with van der Waals surface area (Å²) < 4.78 is 0.825. The average Bonchev–Trinajstić information content (AvgIpc) is 2.73. The smallest absolute Gasteiger partial charge is 0.303 e. The molecule has 2 rings (SSSR count). The van der Waals surface area contributed by atoms with Crippen molar-refractivity contribution in [3.63, 3.8) is 0 Å². The molecule has 1 aliphatic carbocycles. The normalized spacial score (nSPS) is 18.5. The molecule has 0 unspecified atom stereocenters. The minimum atomic E-state index is -0.695. The molecule has 4 nitrogen and oxygen atoms in total. The number of carboxylic acids is 1. The predicted molar refractivity (Wildman–Crippen MR) is 76.1 cm³/mol. The van der Waals surface area contributed by atoms with Gasteiger partial charge in [-0.15, -0.1) is 11.3 Å². The van der Waals surface area contributed by atoms with Crippen molar-refractivity contribution < 1.29 is 9.90 Å². The number of aromatic nitrogens is 1. The molecule has 100 valence electrons. The molecule has 6 heteroatoms. The Morgan fingerprint density at radius 3 is 2.78 bits per heavy atom. The Kier molecular flexibility index (Phi) is 4.61. The molecular weight excluding hydrogens is 316 g/mol. The van der Waals surface area contributed by atoms with Crippen LogP contribution in [0.3, 0.4) is 0 Å². The van der Waals surface area contributed by atoms with Gasteiger partial charge >= 0.3 is 5.97 Å². The molecule has 0 bridgehead atoms. The molecular formula is C12H17BrN2O2S. The van der Waals surface area contributed by atoms with E-state index < -0.39 is 5.97 Å². The van der Waals surface area contributed by atoms with Crippen molar-refractivity contribution in [2.75, 3.05) is 11.9 Å². The van der Waals surface area contributed by atoms with E-state index in [0.717, 1.165) is 35.4 Å². The Hall–Kier alpha value is -0.620. The molecule has 0 amide bonds. The van der Waals surface area contributed by atoms with Crippen LogP contribution in [0, 0.1) is 5.41 Å². The minimum absolute atomic E-state index is 0.0950. The number of thiazole rings is 1. The molecule has 2 N–H and O–H groups in total. The van der Waals surface area contributed by atoms with Crippen LogP contribution >= 0.6 is 27.3 Å². The maximum atomic E-state index is 11.0. The lowest BCUT2D eigenvalue weighted by atomic mass is 9.72. The van der Waals surface area contributed by atoms with Gasteiger partial charge < -0.3 is 10.4 Å². The Labute approximate surface area is 119 Å². The maximum Gasteiger partial charge on any atom is 0.303 e. The zero-order chi connectivity index (χ0) is 13.0. The molecule has 1 aromatic rings. The first-order valence-electron chi connectivity index (χ1n) is 6.16. The topological polar surface area (TPSA) is 62.2 Å². The average molecular weight is 333 g/mol. The summed E-state index contributed by atoms with van der Waals surface area (Å²) in [6.45, 7) is 0.708. The highest BCUT2D eigenvalue weighted by molar-refractivity contribution is 9.10. The zero-order valence-electron chi connectivity index (χ0n) is 10.1. The first kappa shape index (κ1) is 13.8. The zero-order valence-corrected chi connectivity index (χ0v) is 12.5. The first-order valence-corrected chi connectivity index (χ1v) is 7.84. The molecule has 0 saturated heterocycles. The van der Waals surface area contributed by atoms with Gasteiger partial charge in [0.15, 0.2) is 5.13 Å². The number of halogens is 1. The Morgan fingerprint density at radius 2 is 2.22 bits per heavy atom. The van der Waals surface area contributed by atoms with Gasteiger partial charge in [-0.25, -0.2) is 4.98 Å². The summed E-state index contributed by atoms with van der Waals surface area (Å²) in [5.41, 5.74) is -0.0950. The van der Waals surface area contributed by atoms with Gasteiger partial charge in [-0.2, -0.15) is 0 Å². The molecule has 1 saturated carbocycles. The second kappa shape index (κ2) is 6.02. The first-order chi connectivity index (χ1) is 8.60. The van der Waals surface area contributed by atoms with E-state index >= 15 is 0 Å². The van der Waals surface area contributed by atoms with Crippen molar-refractivity contribution in [1.82, 2.24) is 4.98 Å². The van der Waals surface area contributed by atoms with Gasteiger partial charge in [-0.05, 0) is 34.2 Å². The van der Waals surface area contributed by atoms with Crippen molar-refractivity contribution in [2.24, 2.45) is 5.41 Å². The molecule has 1 fully saturated rings. The summed E-state index contributed by atoms with van der Waals surface area (Å²) in [6, 6.07) is 0. The lowest BCUT2D eigenvalue weighted by molar-refractivity contribution is -0.140. The van der Waals surface area contributed by atoms with Gasteiger partial charge in [-0.1, -0.05) is 19.3 Å². The highest BCUT2D eigenvalue weighted by Gasteiger charge is 2.34. The fraction of sp³-hybridized carbons (Fsp3) is 0.667. The summed E-state index contributed by atoms with van der Waals surface area (Å²) in [6.07, 6.45) is 5.75. The van der Waals surface area contributed by atoms with E-state index in [-0.39, 0.29) is 11.8 Å². The van der Waals surface area contributed by atoms with E-state index in [0.29, 0.717) is 6.54 Å². The van der Waals surface area contributed by atoms with Gasteiger partial charge in [0.05, 0.1) is 6.42 Å². The summed E-state index contributed by atoms with van der Waals surface area (Å²) >= 11 is 4.86. The maximum absolute atomic E-state index is 11.0. The molecule has 1 heterocycles. The highest BCUT2D eigenvalue weighted by atomic mass is 79.9. The number of rotatable bonds is 5. The molecule has 0 atom stereocenters. The standard InChI is InChI=1S/C12H17BrN2O2S/c13-9-7-18-11(15-9)14-8-12(6-10(16)17)4-2-1-3-5-12/h7H,1-6,8H2,(H,14,15)(H,16,17). The molecule has 18 heavy (non-hydrogen) atoms. The van der Waals surface area contributed by atoms with Crippen LogP contribution in [0.5, 0.6) is 0 Å². The van der Waals surface area contributed by atoms with Gasteiger partial charge in [0.2, 0.25) is 0 Å². The number of nitrogens with one attached hydrogen (secondary N) is 1. The van der Waals surface area contributed by atoms with Gasteiger partial charge in [0.25, 0.3) is 0 Å². The Morgan fingerprint density at radius 1 is 1.50 bits per heavy atom. The van der Waals surface area contributed by atoms with E-state index in [1.54, 1.807) is 0 Å². The molecule has 0 aromatic carbocycles. The lowest BCUT2D eigenvalue weighted by Gasteiger charge is -2.36. The molecule has 0 aliphatic heterocycles. The third-order valence-corrected chi connectivity index (χ3v) is 5.04. The number of carboxylic acid groups (broad SMARTS) is 1. The fourth-order valence-electron chi connectivity index (χ4n) is 2.64. The van der Waals surface area contributed by atoms with Crippen molar-refractivity contribution >= 4 is 38.4 Å². The van der Waals surface area contributed by atoms with E-state index in [1.807, 2.05) is 5.38 Å². The molecule has 1 aromatic heterocycles. The van der Waals surface area contributed by atoms with Crippen LogP contribution in [0.25, 0.3) is 0 Å². The summed E-state index contributed by atoms with van der Waals surface area (Å²) in [5.74, 6) is -0.695. The summed E-state index contributed by atoms with van der Waals surface area (Å²) in [5, 5.41) is 15.2. The van der Waals surface area contributed by atoms with Crippen LogP contribution in [0.15, 0.2) is 9.98 Å². The summed E-state index contributed by atoms with van der Waals surface area (Å²) in [4.78, 5) is 15.3. The number of anilines is 1. The third-order valence-electron chi connectivity index (χ3n) is 3.53. The fourth-order valence-corrected chi connectivity index (χ4v) is 3.78. The summed E-state index contributed by atoms with van der Waals surface area (Å²) in [7, 11) is 0. The number of hydrogen-bond donors (Lipinski definition) is 2. The number of hydrogen-bond acceptors (Lipinski definition) is 4. The van der Waals surface area contributed by atoms with Crippen LogP contribution in [0.4, 0.5) is 5.13 Å². The van der Waals surface area contributed by atoms with Gasteiger partial charge in [0, 0.05) is 11.9 Å². The van der Waals surface area contributed by atoms with Crippen LogP contribution in [-0.4, -0.2) is 22.6 Å². The molecule has 0 spiro atoms. The second-order valence-electron chi connectivity index (χ2n) is 4.96. The molecule has 0 radical (unpaired) electrons. The van der Waals surface area contributed by atoms with Crippen molar-refractivity contribution in [3.05, 3.63) is 9.98 Å². The number of carbonyl (C=O) groups is 1. The third kappa shape index (κ3) is 3.68. The van der Waals surface area contributed by atoms with Crippen molar-refractivity contribution in [2.45, 2.75) is 38.5 Å². The number of nitrogens with zero attached hydrogens (tertiary/aromatic N) is 1. The second-order valence-corrected chi connectivity index (χ2v) is 6.63. The SMILES string of the molecule is O=C(O)CC1(CNc2nc(Br)cs2)CCCCC1. The Balaban J connectivity index is 1.98. The quantitative estimate of drug-likeness (QED) is 0.862. The van der Waals surface area contributed by atoms with E-state index in [4.69, 9.17) is 5.11 Å². The predicted octanol–water partition coefficient (Wildman–Crippen LogP) is 3.74.